The van der Waals surface area contributed by atoms with Gasteiger partial charge in [0.05, 0.1) is 18.4 Å². The lowest BCUT2D eigenvalue weighted by atomic mass is 10.2. The number of aromatic nitrogens is 2. The van der Waals surface area contributed by atoms with Crippen LogP contribution in [0, 0.1) is 0 Å². The van der Waals surface area contributed by atoms with Crippen molar-refractivity contribution in [2.75, 3.05) is 33.4 Å². The van der Waals surface area contributed by atoms with Crippen LogP contribution in [-0.2, 0) is 11.3 Å². The van der Waals surface area contributed by atoms with E-state index in [9.17, 15) is 13.2 Å². The lowest BCUT2D eigenvalue weighted by Crippen LogP contribution is -2.38. The zero-order valence-corrected chi connectivity index (χ0v) is 18.8. The van der Waals surface area contributed by atoms with E-state index < -0.39 is 12.8 Å². The third-order valence-corrected chi connectivity index (χ3v) is 3.77. The zero-order chi connectivity index (χ0) is 20.4. The lowest BCUT2D eigenvalue weighted by molar-refractivity contribution is -0.173. The fourth-order valence-corrected chi connectivity index (χ4v) is 2.52. The fourth-order valence-electron chi connectivity index (χ4n) is 2.52. The maximum atomic E-state index is 12.0. The number of halogens is 4. The average Bonchev–Trinajstić information content (AvgIpc) is 3.12. The number of H-pyrrole nitrogens is 1. The summed E-state index contributed by atoms with van der Waals surface area (Å²) in [5, 5.41) is 3.17. The number of alkyl halides is 3. The van der Waals surface area contributed by atoms with Gasteiger partial charge in [-0.2, -0.15) is 13.2 Å². The Labute approximate surface area is 186 Å². The molecule has 0 bridgehead atoms. The molecule has 1 aromatic heterocycles. The second-order valence-electron chi connectivity index (χ2n) is 6.22. The van der Waals surface area contributed by atoms with Gasteiger partial charge in [0.1, 0.15) is 12.4 Å². The van der Waals surface area contributed by atoms with Crippen LogP contribution in [0.25, 0.3) is 11.3 Å². The van der Waals surface area contributed by atoms with Crippen molar-refractivity contribution in [2.45, 2.75) is 26.1 Å². The van der Waals surface area contributed by atoms with E-state index in [1.165, 1.54) is 0 Å². The molecule has 0 saturated heterocycles. The molecule has 10 heteroatoms. The van der Waals surface area contributed by atoms with E-state index in [4.69, 9.17) is 0 Å². The molecular weight excluding hydrogens is 498 g/mol. The molecule has 0 radical (unpaired) electrons. The van der Waals surface area contributed by atoms with E-state index in [-0.39, 0.29) is 30.6 Å². The molecule has 0 amide bonds. The van der Waals surface area contributed by atoms with Crippen molar-refractivity contribution in [2.24, 2.45) is 4.99 Å². The highest BCUT2D eigenvalue weighted by molar-refractivity contribution is 14.0. The SMILES string of the molecule is CCNC(=NCCCOCC(F)(F)F)N(C)Cc1ncc(-c2ccccc2)[nH]1.I. The predicted octanol–water partition coefficient (Wildman–Crippen LogP) is 4.06. The van der Waals surface area contributed by atoms with Crippen molar-refractivity contribution in [3.63, 3.8) is 0 Å². The summed E-state index contributed by atoms with van der Waals surface area (Å²) in [6, 6.07) is 9.91. The van der Waals surface area contributed by atoms with E-state index in [0.717, 1.165) is 17.1 Å². The average molecular weight is 525 g/mol. The van der Waals surface area contributed by atoms with Crippen molar-refractivity contribution < 1.29 is 17.9 Å². The molecule has 6 nitrogen and oxygen atoms in total. The van der Waals surface area contributed by atoms with Crippen LogP contribution in [0.1, 0.15) is 19.2 Å². The van der Waals surface area contributed by atoms with Crippen LogP contribution in [0.5, 0.6) is 0 Å². The highest BCUT2D eigenvalue weighted by Gasteiger charge is 2.27. The largest absolute Gasteiger partial charge is 0.411 e. The maximum Gasteiger partial charge on any atom is 0.411 e. The molecule has 1 aromatic carbocycles. The van der Waals surface area contributed by atoms with Gasteiger partial charge in [-0.05, 0) is 18.9 Å². The van der Waals surface area contributed by atoms with Gasteiger partial charge in [0, 0.05) is 26.7 Å². The number of guanidine groups is 1. The molecule has 0 atom stereocenters. The first-order valence-electron chi connectivity index (χ1n) is 9.12. The molecule has 2 rings (SSSR count). The lowest BCUT2D eigenvalue weighted by Gasteiger charge is -2.21. The molecule has 29 heavy (non-hydrogen) atoms. The molecule has 0 unspecified atom stereocenters. The van der Waals surface area contributed by atoms with Crippen LogP contribution in [0.3, 0.4) is 0 Å². The Balaban J connectivity index is 0.00000420. The minimum Gasteiger partial charge on any atom is -0.372 e. The Hall–Kier alpha value is -1.82. The molecule has 0 aliphatic heterocycles. The third-order valence-electron chi connectivity index (χ3n) is 3.77. The standard InChI is InChI=1S/C19H26F3N5O.HI/c1-3-23-18(24-10-7-11-28-14-19(20,21)22)27(2)13-17-25-12-16(26-17)15-8-5-4-6-9-15;/h4-6,8-9,12H,3,7,10-11,13-14H2,1-2H3,(H,23,24)(H,25,26);1H. The van der Waals surface area contributed by atoms with E-state index in [0.29, 0.717) is 32.0 Å². The van der Waals surface area contributed by atoms with Crippen LogP contribution < -0.4 is 5.32 Å². The quantitative estimate of drug-likeness (QED) is 0.225. The third kappa shape index (κ3) is 9.48. The summed E-state index contributed by atoms with van der Waals surface area (Å²) in [4.78, 5) is 14.1. The van der Waals surface area contributed by atoms with Crippen LogP contribution in [0.4, 0.5) is 13.2 Å². The minimum atomic E-state index is -4.29. The number of aromatic amines is 1. The molecule has 2 aromatic rings. The normalized spacial score (nSPS) is 11.8. The highest BCUT2D eigenvalue weighted by Crippen LogP contribution is 2.16. The number of hydrogen-bond acceptors (Lipinski definition) is 3. The topological polar surface area (TPSA) is 65.5 Å². The highest BCUT2D eigenvalue weighted by atomic mass is 127. The Morgan fingerprint density at radius 1 is 1.28 bits per heavy atom. The Kier molecular flexibility index (Phi) is 11.0. The fraction of sp³-hybridized carbons (Fsp3) is 0.474. The maximum absolute atomic E-state index is 12.0. The van der Waals surface area contributed by atoms with Gasteiger partial charge >= 0.3 is 6.18 Å². The first-order valence-corrected chi connectivity index (χ1v) is 9.12. The Morgan fingerprint density at radius 3 is 2.66 bits per heavy atom. The number of imidazole rings is 1. The summed E-state index contributed by atoms with van der Waals surface area (Å²) in [6.07, 6.45) is -2.08. The molecule has 0 aliphatic rings. The van der Waals surface area contributed by atoms with E-state index in [2.05, 4.69) is 25.0 Å². The molecule has 162 valence electrons. The van der Waals surface area contributed by atoms with E-state index in [1.54, 1.807) is 6.20 Å². The van der Waals surface area contributed by atoms with Gasteiger partial charge in [-0.25, -0.2) is 4.98 Å². The van der Waals surface area contributed by atoms with Crippen molar-refractivity contribution in [1.29, 1.82) is 0 Å². The Morgan fingerprint density at radius 2 is 2.00 bits per heavy atom. The van der Waals surface area contributed by atoms with Crippen molar-refractivity contribution in [1.82, 2.24) is 20.2 Å². The van der Waals surface area contributed by atoms with Gasteiger partial charge in [0.15, 0.2) is 5.96 Å². The summed E-state index contributed by atoms with van der Waals surface area (Å²) in [6.45, 7) is 2.32. The van der Waals surface area contributed by atoms with Crippen LogP contribution in [0.2, 0.25) is 0 Å². The number of nitrogens with one attached hydrogen (secondary N) is 2. The smallest absolute Gasteiger partial charge is 0.372 e. The monoisotopic (exact) mass is 525 g/mol. The van der Waals surface area contributed by atoms with Crippen molar-refractivity contribution >= 4 is 29.9 Å². The number of nitrogens with zero attached hydrogens (tertiary/aromatic N) is 3. The van der Waals surface area contributed by atoms with Gasteiger partial charge in [0.2, 0.25) is 0 Å². The molecule has 0 spiro atoms. The van der Waals surface area contributed by atoms with Gasteiger partial charge in [-0.1, -0.05) is 30.3 Å². The molecule has 0 fully saturated rings. The number of benzene rings is 1. The van der Waals surface area contributed by atoms with Gasteiger partial charge < -0.3 is 19.9 Å². The van der Waals surface area contributed by atoms with Gasteiger partial charge in [-0.3, -0.25) is 4.99 Å². The zero-order valence-electron chi connectivity index (χ0n) is 16.5. The molecule has 2 N–H and O–H groups in total. The first kappa shape index (κ1) is 25.2. The Bertz CT molecular complexity index is 737. The van der Waals surface area contributed by atoms with Crippen LogP contribution >= 0.6 is 24.0 Å². The van der Waals surface area contributed by atoms with E-state index >= 15 is 0 Å². The molecule has 0 aliphatic carbocycles. The number of aliphatic imine (C=N–C) groups is 1. The summed E-state index contributed by atoms with van der Waals surface area (Å²) in [5.74, 6) is 1.46. The van der Waals surface area contributed by atoms with Gasteiger partial charge in [-0.15, -0.1) is 24.0 Å². The molecule has 0 saturated carbocycles. The number of hydrogen-bond donors (Lipinski definition) is 2. The van der Waals surface area contributed by atoms with Crippen molar-refractivity contribution in [3.05, 3.63) is 42.4 Å². The first-order chi connectivity index (χ1) is 13.4. The summed E-state index contributed by atoms with van der Waals surface area (Å²) >= 11 is 0. The predicted molar refractivity (Wildman–Crippen MR) is 118 cm³/mol. The second-order valence-corrected chi connectivity index (χ2v) is 6.22. The molecular formula is C19H27F3IN5O. The van der Waals surface area contributed by atoms with Crippen LogP contribution in [0.15, 0.2) is 41.5 Å². The van der Waals surface area contributed by atoms with Gasteiger partial charge in [0.25, 0.3) is 0 Å². The summed E-state index contributed by atoms with van der Waals surface area (Å²) in [5.41, 5.74) is 2.00. The van der Waals surface area contributed by atoms with Crippen molar-refractivity contribution in [3.8, 4) is 11.3 Å². The second kappa shape index (κ2) is 12.7. The summed E-state index contributed by atoms with van der Waals surface area (Å²) in [7, 11) is 1.88. The van der Waals surface area contributed by atoms with Crippen LogP contribution in [-0.4, -0.2) is 60.4 Å². The summed E-state index contributed by atoms with van der Waals surface area (Å²) < 4.78 is 40.7. The number of rotatable bonds is 9. The van der Waals surface area contributed by atoms with E-state index in [1.807, 2.05) is 49.2 Å². The molecule has 1 heterocycles. The minimum absolute atomic E-state index is 0. The number of ether oxygens (including phenoxy) is 1.